The minimum atomic E-state index is -0.627. The molecule has 6 nitrogen and oxygen atoms in total. The lowest BCUT2D eigenvalue weighted by Crippen LogP contribution is -2.46. The zero-order chi connectivity index (χ0) is 19.2. The number of ether oxygens (including phenoxy) is 1. The van der Waals surface area contributed by atoms with Crippen LogP contribution in [-0.2, 0) is 14.3 Å². The number of halogens is 1. The van der Waals surface area contributed by atoms with Gasteiger partial charge in [-0.05, 0) is 48.9 Å². The summed E-state index contributed by atoms with van der Waals surface area (Å²) in [5.41, 5.74) is 0.402. The van der Waals surface area contributed by atoms with Gasteiger partial charge in [-0.15, -0.1) is 0 Å². The monoisotopic (exact) mass is 392 g/mol. The maximum absolute atomic E-state index is 12.3. The smallest absolute Gasteiger partial charge is 0.325 e. The molecule has 3 rings (SSSR count). The average Bonchev–Trinajstić information content (AvgIpc) is 2.70. The van der Waals surface area contributed by atoms with Crippen molar-refractivity contribution < 1.29 is 19.1 Å². The third-order valence-electron chi connectivity index (χ3n) is 5.50. The summed E-state index contributed by atoms with van der Waals surface area (Å²) in [6.45, 7) is 0.964. The van der Waals surface area contributed by atoms with Crippen molar-refractivity contribution in [2.75, 3.05) is 26.2 Å². The summed E-state index contributed by atoms with van der Waals surface area (Å²) in [5, 5.41) is 3.01. The number of amides is 2. The molecule has 2 fully saturated rings. The van der Waals surface area contributed by atoms with Gasteiger partial charge in [-0.3, -0.25) is 14.4 Å². The third-order valence-corrected chi connectivity index (χ3v) is 5.75. The van der Waals surface area contributed by atoms with E-state index in [0.29, 0.717) is 16.5 Å². The number of hydrogen-bond acceptors (Lipinski definition) is 4. The Morgan fingerprint density at radius 1 is 1.07 bits per heavy atom. The Balaban J connectivity index is 1.37. The molecule has 2 aliphatic rings. The lowest BCUT2D eigenvalue weighted by Gasteiger charge is -2.41. The number of fused-ring (bicyclic) bond motifs is 1. The van der Waals surface area contributed by atoms with Gasteiger partial charge in [0.25, 0.3) is 11.8 Å². The number of carbonyl (C=O) groups excluding carboxylic acids is 3. The fourth-order valence-electron chi connectivity index (χ4n) is 3.97. The zero-order valence-electron chi connectivity index (χ0n) is 15.3. The number of nitrogens with zero attached hydrogens (tertiary/aromatic N) is 1. The van der Waals surface area contributed by atoms with Crippen molar-refractivity contribution in [2.45, 2.75) is 32.1 Å². The van der Waals surface area contributed by atoms with Crippen LogP contribution >= 0.6 is 11.6 Å². The highest BCUT2D eigenvalue weighted by Crippen LogP contribution is 2.35. The van der Waals surface area contributed by atoms with Gasteiger partial charge in [0.1, 0.15) is 6.54 Å². The number of hydrogen-bond donors (Lipinski definition) is 1. The van der Waals surface area contributed by atoms with Crippen LogP contribution in [0, 0.1) is 11.8 Å². The van der Waals surface area contributed by atoms with Gasteiger partial charge in [0.05, 0.1) is 0 Å². The largest absolute Gasteiger partial charge is 0.454 e. The van der Waals surface area contributed by atoms with Crippen LogP contribution in [0.4, 0.5) is 0 Å². The highest BCUT2D eigenvalue weighted by atomic mass is 35.5. The number of piperidine rings is 1. The quantitative estimate of drug-likeness (QED) is 0.781. The lowest BCUT2D eigenvalue weighted by molar-refractivity contribution is -0.152. The molecule has 146 valence electrons. The fraction of sp³-hybridized carbons (Fsp3) is 0.550. The summed E-state index contributed by atoms with van der Waals surface area (Å²) in [6, 6.07) is 6.34. The number of carbonyl (C=O) groups is 3. The Morgan fingerprint density at radius 3 is 2.52 bits per heavy atom. The van der Waals surface area contributed by atoms with Crippen LogP contribution in [0.25, 0.3) is 0 Å². The van der Waals surface area contributed by atoms with Crippen LogP contribution in [0.15, 0.2) is 24.3 Å². The molecule has 1 aliphatic carbocycles. The first-order valence-corrected chi connectivity index (χ1v) is 9.88. The Kier molecular flexibility index (Phi) is 6.72. The van der Waals surface area contributed by atoms with E-state index in [2.05, 4.69) is 5.32 Å². The Morgan fingerprint density at radius 2 is 1.78 bits per heavy atom. The van der Waals surface area contributed by atoms with Crippen molar-refractivity contribution in [3.63, 3.8) is 0 Å². The van der Waals surface area contributed by atoms with Gasteiger partial charge < -0.3 is 15.0 Å². The maximum atomic E-state index is 12.3. The second-order valence-electron chi connectivity index (χ2n) is 7.28. The van der Waals surface area contributed by atoms with Crippen molar-refractivity contribution in [2.24, 2.45) is 11.8 Å². The molecule has 0 bridgehead atoms. The van der Waals surface area contributed by atoms with Gasteiger partial charge in [0.15, 0.2) is 6.61 Å². The first-order chi connectivity index (χ1) is 13.0. The third kappa shape index (κ3) is 5.45. The summed E-state index contributed by atoms with van der Waals surface area (Å²) in [6.07, 6.45) is 6.04. The van der Waals surface area contributed by atoms with Crippen LogP contribution in [-0.4, -0.2) is 48.9 Å². The summed E-state index contributed by atoms with van der Waals surface area (Å²) < 4.78 is 5.03. The van der Waals surface area contributed by atoms with Crippen molar-refractivity contribution in [1.29, 1.82) is 0 Å². The van der Waals surface area contributed by atoms with E-state index in [4.69, 9.17) is 16.3 Å². The predicted molar refractivity (Wildman–Crippen MR) is 101 cm³/mol. The summed E-state index contributed by atoms with van der Waals surface area (Å²) in [4.78, 5) is 37.9. The normalized spacial score (nSPS) is 21.9. The lowest BCUT2D eigenvalue weighted by atomic mass is 9.75. The molecular weight excluding hydrogens is 368 g/mol. The second kappa shape index (κ2) is 9.22. The van der Waals surface area contributed by atoms with Gasteiger partial charge in [0, 0.05) is 23.7 Å². The fourth-order valence-corrected chi connectivity index (χ4v) is 4.09. The standard InChI is InChI=1S/C20H25ClN2O4/c21-17-7-5-15(6-8-17)20(26)22-11-19(25)27-13-18(24)23-10-9-14-3-1-2-4-16(14)12-23/h5-8,14,16H,1-4,9-13H2,(H,22,26)/t14-,16-/m1/s1. The minimum Gasteiger partial charge on any atom is -0.454 e. The molecule has 0 radical (unpaired) electrons. The summed E-state index contributed by atoms with van der Waals surface area (Å²) >= 11 is 5.77. The number of likely N-dealkylation sites (tertiary alicyclic amines) is 1. The van der Waals surface area contributed by atoms with E-state index in [1.807, 2.05) is 4.90 Å². The first kappa shape index (κ1) is 19.7. The van der Waals surface area contributed by atoms with E-state index in [-0.39, 0.29) is 19.1 Å². The van der Waals surface area contributed by atoms with E-state index < -0.39 is 11.9 Å². The van der Waals surface area contributed by atoms with Crippen LogP contribution in [0.1, 0.15) is 42.5 Å². The second-order valence-corrected chi connectivity index (χ2v) is 7.72. The molecule has 27 heavy (non-hydrogen) atoms. The summed E-state index contributed by atoms with van der Waals surface area (Å²) in [7, 11) is 0. The van der Waals surface area contributed by atoms with Crippen LogP contribution < -0.4 is 5.32 Å². The number of esters is 1. The molecule has 2 atom stereocenters. The molecule has 1 saturated heterocycles. The Bertz CT molecular complexity index is 692. The molecule has 0 spiro atoms. The number of benzene rings is 1. The average molecular weight is 393 g/mol. The topological polar surface area (TPSA) is 75.7 Å². The molecule has 0 aromatic heterocycles. The molecule has 0 unspecified atom stereocenters. The van der Waals surface area contributed by atoms with E-state index in [1.165, 1.54) is 25.7 Å². The summed E-state index contributed by atoms with van der Waals surface area (Å²) in [5.74, 6) is 0.156. The SMILES string of the molecule is O=C(CNC(=O)c1ccc(Cl)cc1)OCC(=O)N1CC[C@H]2CCCC[C@@H]2C1. The van der Waals surface area contributed by atoms with E-state index in [9.17, 15) is 14.4 Å². The van der Waals surface area contributed by atoms with Crippen molar-refractivity contribution in [3.05, 3.63) is 34.9 Å². The van der Waals surface area contributed by atoms with Crippen molar-refractivity contribution in [1.82, 2.24) is 10.2 Å². The van der Waals surface area contributed by atoms with Crippen molar-refractivity contribution in [3.8, 4) is 0 Å². The van der Waals surface area contributed by atoms with Crippen LogP contribution in [0.5, 0.6) is 0 Å². The number of nitrogens with one attached hydrogen (secondary N) is 1. The van der Waals surface area contributed by atoms with E-state index in [0.717, 1.165) is 25.4 Å². The first-order valence-electron chi connectivity index (χ1n) is 9.50. The molecule has 1 aromatic rings. The molecule has 1 N–H and O–H groups in total. The van der Waals surface area contributed by atoms with Gasteiger partial charge in [-0.2, -0.15) is 0 Å². The van der Waals surface area contributed by atoms with Crippen molar-refractivity contribution >= 4 is 29.4 Å². The highest BCUT2D eigenvalue weighted by Gasteiger charge is 2.33. The van der Waals surface area contributed by atoms with Gasteiger partial charge in [0.2, 0.25) is 0 Å². The van der Waals surface area contributed by atoms with E-state index >= 15 is 0 Å². The molecule has 1 aliphatic heterocycles. The van der Waals surface area contributed by atoms with Gasteiger partial charge in [-0.25, -0.2) is 0 Å². The Hall–Kier alpha value is -2.08. The van der Waals surface area contributed by atoms with Crippen LogP contribution in [0.3, 0.4) is 0 Å². The molecule has 7 heteroatoms. The van der Waals surface area contributed by atoms with Crippen LogP contribution in [0.2, 0.25) is 5.02 Å². The highest BCUT2D eigenvalue weighted by molar-refractivity contribution is 6.30. The molecule has 1 aromatic carbocycles. The molecule has 2 amide bonds. The maximum Gasteiger partial charge on any atom is 0.325 e. The van der Waals surface area contributed by atoms with E-state index in [1.54, 1.807) is 24.3 Å². The Labute approximate surface area is 164 Å². The zero-order valence-corrected chi connectivity index (χ0v) is 16.0. The molecule has 1 heterocycles. The molecular formula is C20H25ClN2O4. The molecule has 1 saturated carbocycles. The minimum absolute atomic E-state index is 0.156. The number of rotatable bonds is 5. The predicted octanol–water partition coefficient (Wildman–Crippen LogP) is 2.65. The van der Waals surface area contributed by atoms with Gasteiger partial charge in [-0.1, -0.05) is 30.9 Å². The van der Waals surface area contributed by atoms with Gasteiger partial charge >= 0.3 is 5.97 Å².